The first-order valence-corrected chi connectivity index (χ1v) is 6.32. The number of benzene rings is 2. The van der Waals surface area contributed by atoms with Crippen LogP contribution in [0.1, 0.15) is 15.9 Å². The number of guanidine groups is 1. The number of carbonyl (C=O) groups is 1. The molecule has 0 saturated carbocycles. The molecule has 0 aliphatic heterocycles. The molecule has 112 valence electrons. The van der Waals surface area contributed by atoms with Crippen molar-refractivity contribution in [1.82, 2.24) is 0 Å². The van der Waals surface area contributed by atoms with Crippen LogP contribution in [0.3, 0.4) is 0 Å². The molecule has 0 spiro atoms. The van der Waals surface area contributed by atoms with Gasteiger partial charge in [-0.05, 0) is 48.5 Å². The number of carbonyl (C=O) groups excluding carboxylic acids is 1. The Kier molecular flexibility index (Phi) is 4.38. The molecule has 0 bridgehead atoms. The number of nitrogens with two attached hydrogens (primary N) is 3. The predicted molar refractivity (Wildman–Crippen MR) is 84.3 cm³/mol. The fraction of sp³-hybridized carbons (Fsp3) is 0. The van der Waals surface area contributed by atoms with Gasteiger partial charge >= 0.3 is 5.97 Å². The molecule has 0 saturated heterocycles. The average molecular weight is 297 g/mol. The first-order chi connectivity index (χ1) is 10.5. The zero-order valence-electron chi connectivity index (χ0n) is 11.6. The largest absolute Gasteiger partial charge is 0.423 e. The molecule has 0 aliphatic carbocycles. The zero-order valence-corrected chi connectivity index (χ0v) is 11.6. The number of nitrogen functional groups attached to an aromatic ring is 1. The first-order valence-electron chi connectivity index (χ1n) is 6.32. The first kappa shape index (κ1) is 15.0. The molecule has 2 aromatic carbocycles. The monoisotopic (exact) mass is 297 g/mol. The van der Waals surface area contributed by atoms with Crippen molar-refractivity contribution in [2.24, 2.45) is 22.2 Å². The summed E-state index contributed by atoms with van der Waals surface area (Å²) in [6.07, 6.45) is 0. The van der Waals surface area contributed by atoms with Gasteiger partial charge in [-0.3, -0.25) is 5.41 Å². The summed E-state index contributed by atoms with van der Waals surface area (Å²) < 4.78 is 5.22. The number of hydrogen-bond acceptors (Lipinski definition) is 4. The van der Waals surface area contributed by atoms with Crippen molar-refractivity contribution in [3.63, 3.8) is 0 Å². The van der Waals surface area contributed by atoms with Gasteiger partial charge in [-0.1, -0.05) is 0 Å². The molecule has 0 amide bonds. The third-order valence-corrected chi connectivity index (χ3v) is 2.74. The number of aliphatic imine (C=N–C) groups is 1. The SMILES string of the molecule is N=C(N)c1ccc(OC(=O)c2ccc(N=C(N)N)cc2)cc1. The van der Waals surface area contributed by atoms with Crippen LogP contribution in [-0.4, -0.2) is 17.8 Å². The Morgan fingerprint density at radius 2 is 1.45 bits per heavy atom. The van der Waals surface area contributed by atoms with Crippen molar-refractivity contribution in [2.75, 3.05) is 0 Å². The molecular weight excluding hydrogens is 282 g/mol. The van der Waals surface area contributed by atoms with E-state index in [0.717, 1.165) is 0 Å². The minimum Gasteiger partial charge on any atom is -0.423 e. The summed E-state index contributed by atoms with van der Waals surface area (Å²) in [5.74, 6) is -0.246. The second-order valence-corrected chi connectivity index (χ2v) is 4.41. The Balaban J connectivity index is 2.08. The zero-order chi connectivity index (χ0) is 16.1. The van der Waals surface area contributed by atoms with Crippen molar-refractivity contribution >= 4 is 23.5 Å². The van der Waals surface area contributed by atoms with E-state index in [-0.39, 0.29) is 11.8 Å². The lowest BCUT2D eigenvalue weighted by Crippen LogP contribution is -2.21. The van der Waals surface area contributed by atoms with E-state index in [4.69, 9.17) is 27.3 Å². The molecule has 0 heterocycles. The van der Waals surface area contributed by atoms with Crippen molar-refractivity contribution in [3.8, 4) is 5.75 Å². The van der Waals surface area contributed by atoms with E-state index in [1.54, 1.807) is 48.5 Å². The van der Waals surface area contributed by atoms with Gasteiger partial charge in [0.2, 0.25) is 0 Å². The number of amidine groups is 1. The van der Waals surface area contributed by atoms with E-state index in [1.165, 1.54) is 0 Å². The fourth-order valence-electron chi connectivity index (χ4n) is 1.69. The fourth-order valence-corrected chi connectivity index (χ4v) is 1.69. The van der Waals surface area contributed by atoms with Gasteiger partial charge in [-0.15, -0.1) is 0 Å². The molecule has 7 heteroatoms. The standard InChI is InChI=1S/C15H15N5O2/c16-13(17)9-3-7-12(8-4-9)22-14(21)10-1-5-11(6-2-10)20-15(18)19/h1-8H,(H3,16,17)(H4,18,19,20). The summed E-state index contributed by atoms with van der Waals surface area (Å²) in [7, 11) is 0. The second-order valence-electron chi connectivity index (χ2n) is 4.41. The molecule has 0 atom stereocenters. The Bertz CT molecular complexity index is 717. The second kappa shape index (κ2) is 6.40. The summed E-state index contributed by atoms with van der Waals surface area (Å²) in [5, 5.41) is 7.29. The molecule has 0 radical (unpaired) electrons. The number of nitrogens with one attached hydrogen (secondary N) is 1. The van der Waals surface area contributed by atoms with Gasteiger partial charge in [0.25, 0.3) is 0 Å². The van der Waals surface area contributed by atoms with Gasteiger partial charge < -0.3 is 21.9 Å². The van der Waals surface area contributed by atoms with Gasteiger partial charge in [-0.25, -0.2) is 9.79 Å². The molecule has 0 aliphatic rings. The van der Waals surface area contributed by atoms with Crippen LogP contribution in [-0.2, 0) is 0 Å². The van der Waals surface area contributed by atoms with Crippen molar-refractivity contribution in [2.45, 2.75) is 0 Å². The predicted octanol–water partition coefficient (Wildman–Crippen LogP) is 1.09. The Morgan fingerprint density at radius 3 is 1.95 bits per heavy atom. The molecule has 7 N–H and O–H groups in total. The molecule has 7 nitrogen and oxygen atoms in total. The lowest BCUT2D eigenvalue weighted by molar-refractivity contribution is 0.0735. The maximum absolute atomic E-state index is 12.0. The van der Waals surface area contributed by atoms with Crippen molar-refractivity contribution in [3.05, 3.63) is 59.7 Å². The number of hydrogen-bond donors (Lipinski definition) is 4. The Labute approximate surface area is 126 Å². The lowest BCUT2D eigenvalue weighted by Gasteiger charge is -2.05. The number of ether oxygens (including phenoxy) is 1. The topological polar surface area (TPSA) is 141 Å². The maximum atomic E-state index is 12.0. The van der Waals surface area contributed by atoms with E-state index < -0.39 is 5.97 Å². The molecular formula is C15H15N5O2. The average Bonchev–Trinajstić information content (AvgIpc) is 2.48. The van der Waals surface area contributed by atoms with E-state index >= 15 is 0 Å². The van der Waals surface area contributed by atoms with E-state index in [9.17, 15) is 4.79 Å². The van der Waals surface area contributed by atoms with Crippen LogP contribution in [0.4, 0.5) is 5.69 Å². The van der Waals surface area contributed by atoms with Crippen LogP contribution in [0.25, 0.3) is 0 Å². The van der Waals surface area contributed by atoms with Crippen LogP contribution in [0, 0.1) is 5.41 Å². The van der Waals surface area contributed by atoms with Crippen LogP contribution >= 0.6 is 0 Å². The quantitative estimate of drug-likeness (QED) is 0.289. The highest BCUT2D eigenvalue weighted by Crippen LogP contribution is 2.16. The highest BCUT2D eigenvalue weighted by Gasteiger charge is 2.08. The maximum Gasteiger partial charge on any atom is 0.343 e. The summed E-state index contributed by atoms with van der Waals surface area (Å²) in [6.45, 7) is 0. The van der Waals surface area contributed by atoms with Gasteiger partial charge in [0, 0.05) is 5.56 Å². The number of rotatable bonds is 4. The third-order valence-electron chi connectivity index (χ3n) is 2.74. The lowest BCUT2D eigenvalue weighted by atomic mass is 10.2. The third kappa shape index (κ3) is 3.83. The Hall–Kier alpha value is -3.35. The smallest absolute Gasteiger partial charge is 0.343 e. The van der Waals surface area contributed by atoms with Gasteiger partial charge in [-0.2, -0.15) is 0 Å². The van der Waals surface area contributed by atoms with Gasteiger partial charge in [0.05, 0.1) is 11.3 Å². The van der Waals surface area contributed by atoms with Crippen molar-refractivity contribution < 1.29 is 9.53 Å². The molecule has 0 aromatic heterocycles. The van der Waals surface area contributed by atoms with Crippen LogP contribution < -0.4 is 21.9 Å². The minimum atomic E-state index is -0.508. The summed E-state index contributed by atoms with van der Waals surface area (Å²) in [5.41, 5.74) is 17.4. The minimum absolute atomic E-state index is 0.0480. The van der Waals surface area contributed by atoms with E-state index in [1.807, 2.05) is 0 Å². The number of nitrogens with zero attached hydrogens (tertiary/aromatic N) is 1. The van der Waals surface area contributed by atoms with Crippen LogP contribution in [0.2, 0.25) is 0 Å². The summed E-state index contributed by atoms with van der Waals surface area (Å²) in [6, 6.07) is 12.7. The highest BCUT2D eigenvalue weighted by atomic mass is 16.5. The summed E-state index contributed by atoms with van der Waals surface area (Å²) in [4.78, 5) is 15.9. The van der Waals surface area contributed by atoms with Gasteiger partial charge in [0.1, 0.15) is 11.6 Å². The number of esters is 1. The summed E-state index contributed by atoms with van der Waals surface area (Å²) >= 11 is 0. The molecule has 2 aromatic rings. The van der Waals surface area contributed by atoms with Crippen molar-refractivity contribution in [1.29, 1.82) is 5.41 Å². The normalized spacial score (nSPS) is 9.82. The van der Waals surface area contributed by atoms with Crippen LogP contribution in [0.15, 0.2) is 53.5 Å². The van der Waals surface area contributed by atoms with E-state index in [2.05, 4.69) is 4.99 Å². The molecule has 22 heavy (non-hydrogen) atoms. The highest BCUT2D eigenvalue weighted by molar-refractivity contribution is 5.95. The molecule has 0 unspecified atom stereocenters. The van der Waals surface area contributed by atoms with Gasteiger partial charge in [0.15, 0.2) is 5.96 Å². The van der Waals surface area contributed by atoms with Crippen LogP contribution in [0.5, 0.6) is 5.75 Å². The Morgan fingerprint density at radius 1 is 0.909 bits per heavy atom. The van der Waals surface area contributed by atoms with E-state index in [0.29, 0.717) is 22.6 Å². The molecule has 0 fully saturated rings. The molecule has 2 rings (SSSR count).